The van der Waals surface area contributed by atoms with Crippen LogP contribution in [-0.4, -0.2) is 24.8 Å². The Bertz CT molecular complexity index is 553. The highest BCUT2D eigenvalue weighted by molar-refractivity contribution is 5.94. The van der Waals surface area contributed by atoms with Gasteiger partial charge >= 0.3 is 0 Å². The molecule has 2 atom stereocenters. The molecular weight excluding hydrogens is 278 g/mol. The molecule has 2 unspecified atom stereocenters. The van der Waals surface area contributed by atoms with E-state index in [9.17, 15) is 9.59 Å². The summed E-state index contributed by atoms with van der Waals surface area (Å²) in [5.41, 5.74) is 1.37. The second-order valence-corrected chi connectivity index (χ2v) is 6.20. The zero-order valence-electron chi connectivity index (χ0n) is 13.6. The molecule has 4 nitrogen and oxygen atoms in total. The van der Waals surface area contributed by atoms with E-state index in [1.165, 1.54) is 26.2 Å². The smallest absolute Gasteiger partial charge is 0.224 e. The third kappa shape index (κ3) is 4.09. The minimum atomic E-state index is -0.00906. The molecule has 0 radical (unpaired) electrons. The average molecular weight is 303 g/mol. The van der Waals surface area contributed by atoms with Crippen LogP contribution in [0.4, 0.5) is 0 Å². The number of ketones is 1. The fraction of sp³-hybridized carbons (Fsp3) is 0.556. The second kappa shape index (κ2) is 7.43. The molecule has 1 aromatic rings. The molecule has 1 aromatic carbocycles. The van der Waals surface area contributed by atoms with Gasteiger partial charge in [-0.05, 0) is 43.9 Å². The molecule has 1 fully saturated rings. The lowest BCUT2D eigenvalue weighted by atomic mass is 9.86. The Morgan fingerprint density at radius 1 is 1.27 bits per heavy atom. The van der Waals surface area contributed by atoms with E-state index in [1.54, 1.807) is 25.3 Å². The molecule has 22 heavy (non-hydrogen) atoms. The fourth-order valence-electron chi connectivity index (χ4n) is 3.10. The zero-order chi connectivity index (χ0) is 16.1. The molecule has 0 spiro atoms. The van der Waals surface area contributed by atoms with Crippen LogP contribution in [0.5, 0.6) is 5.75 Å². The van der Waals surface area contributed by atoms with E-state index in [4.69, 9.17) is 4.74 Å². The largest absolute Gasteiger partial charge is 0.496 e. The molecule has 0 aromatic heterocycles. The molecule has 0 heterocycles. The lowest BCUT2D eigenvalue weighted by Gasteiger charge is -2.29. The molecule has 4 heteroatoms. The van der Waals surface area contributed by atoms with E-state index >= 15 is 0 Å². The first-order valence-corrected chi connectivity index (χ1v) is 7.98. The number of nitrogens with one attached hydrogen (secondary N) is 1. The van der Waals surface area contributed by atoms with Crippen molar-refractivity contribution in [3.05, 3.63) is 29.3 Å². The van der Waals surface area contributed by atoms with E-state index < -0.39 is 0 Å². The number of ether oxygens (including phenoxy) is 1. The molecule has 2 rings (SSSR count). The van der Waals surface area contributed by atoms with Crippen molar-refractivity contribution < 1.29 is 14.3 Å². The fourth-order valence-corrected chi connectivity index (χ4v) is 3.10. The number of Topliss-reactive ketones (excluding diaryl/α,β-unsaturated/α-hetero) is 1. The van der Waals surface area contributed by atoms with Gasteiger partial charge in [0.1, 0.15) is 5.75 Å². The monoisotopic (exact) mass is 303 g/mol. The summed E-state index contributed by atoms with van der Waals surface area (Å²) < 4.78 is 5.30. The molecule has 1 amide bonds. The van der Waals surface area contributed by atoms with Crippen LogP contribution < -0.4 is 10.1 Å². The van der Waals surface area contributed by atoms with E-state index in [0.29, 0.717) is 17.2 Å². The first-order chi connectivity index (χ1) is 10.5. The Hall–Kier alpha value is -1.84. The Kier molecular flexibility index (Phi) is 5.58. The van der Waals surface area contributed by atoms with Gasteiger partial charge < -0.3 is 10.1 Å². The summed E-state index contributed by atoms with van der Waals surface area (Å²) in [5, 5.41) is 3.14. The van der Waals surface area contributed by atoms with Crippen molar-refractivity contribution >= 4 is 11.7 Å². The average Bonchev–Trinajstić information content (AvgIpc) is 2.49. The maximum atomic E-state index is 12.3. The first-order valence-electron chi connectivity index (χ1n) is 7.98. The normalized spacial score (nSPS) is 21.2. The quantitative estimate of drug-likeness (QED) is 0.850. The number of benzene rings is 1. The van der Waals surface area contributed by atoms with Crippen molar-refractivity contribution in [2.24, 2.45) is 5.92 Å². The summed E-state index contributed by atoms with van der Waals surface area (Å²) in [4.78, 5) is 23.8. The SMILES string of the molecule is COc1ccc(C(C)=O)cc1CC(=O)NC1CCCCC1C. The molecule has 1 aliphatic carbocycles. The van der Waals surface area contributed by atoms with Gasteiger partial charge in [0, 0.05) is 17.2 Å². The summed E-state index contributed by atoms with van der Waals surface area (Å²) in [6.45, 7) is 3.72. The van der Waals surface area contributed by atoms with Crippen molar-refractivity contribution in [3.8, 4) is 5.75 Å². The number of carbonyl (C=O) groups is 2. The predicted octanol–water partition coefficient (Wildman–Crippen LogP) is 3.14. The Morgan fingerprint density at radius 3 is 2.64 bits per heavy atom. The number of amides is 1. The summed E-state index contributed by atoms with van der Waals surface area (Å²) in [6, 6.07) is 5.50. The van der Waals surface area contributed by atoms with Gasteiger partial charge in [-0.3, -0.25) is 9.59 Å². The second-order valence-electron chi connectivity index (χ2n) is 6.20. The van der Waals surface area contributed by atoms with Crippen molar-refractivity contribution in [1.29, 1.82) is 0 Å². The molecule has 0 bridgehead atoms. The van der Waals surface area contributed by atoms with Gasteiger partial charge in [0.05, 0.1) is 13.5 Å². The standard InChI is InChI=1S/C18H25NO3/c1-12-6-4-5-7-16(12)19-18(21)11-15-10-14(13(2)20)8-9-17(15)22-3/h8-10,12,16H,4-7,11H2,1-3H3,(H,19,21). The Balaban J connectivity index is 2.06. The number of rotatable bonds is 5. The summed E-state index contributed by atoms with van der Waals surface area (Å²) in [6.07, 6.45) is 4.90. The van der Waals surface area contributed by atoms with Crippen LogP contribution >= 0.6 is 0 Å². The Labute approximate surface area is 132 Å². The van der Waals surface area contributed by atoms with Crippen molar-refractivity contribution in [2.45, 2.75) is 52.0 Å². The minimum absolute atomic E-state index is 0.00208. The maximum absolute atomic E-state index is 12.3. The Morgan fingerprint density at radius 2 is 2.00 bits per heavy atom. The molecule has 120 valence electrons. The first kappa shape index (κ1) is 16.5. The van der Waals surface area contributed by atoms with Crippen molar-refractivity contribution in [1.82, 2.24) is 5.32 Å². The lowest BCUT2D eigenvalue weighted by molar-refractivity contribution is -0.121. The van der Waals surface area contributed by atoms with Crippen LogP contribution in [0, 0.1) is 5.92 Å². The highest BCUT2D eigenvalue weighted by atomic mass is 16.5. The van der Waals surface area contributed by atoms with E-state index in [2.05, 4.69) is 12.2 Å². The molecule has 0 saturated heterocycles. The van der Waals surface area contributed by atoms with Crippen LogP contribution in [0.1, 0.15) is 55.5 Å². The summed E-state index contributed by atoms with van der Waals surface area (Å²) in [7, 11) is 1.58. The third-order valence-corrected chi connectivity index (χ3v) is 4.50. The number of methoxy groups -OCH3 is 1. The maximum Gasteiger partial charge on any atom is 0.224 e. The van der Waals surface area contributed by atoms with Gasteiger partial charge in [0.2, 0.25) is 5.91 Å². The van der Waals surface area contributed by atoms with Crippen LogP contribution in [0.3, 0.4) is 0 Å². The van der Waals surface area contributed by atoms with Gasteiger partial charge in [-0.25, -0.2) is 0 Å². The van der Waals surface area contributed by atoms with Gasteiger partial charge in [0.25, 0.3) is 0 Å². The predicted molar refractivity (Wildman–Crippen MR) is 86.3 cm³/mol. The minimum Gasteiger partial charge on any atom is -0.496 e. The molecule has 1 aliphatic rings. The van der Waals surface area contributed by atoms with Gasteiger partial charge in [-0.2, -0.15) is 0 Å². The molecule has 0 aliphatic heterocycles. The lowest BCUT2D eigenvalue weighted by Crippen LogP contribution is -2.41. The number of hydrogen-bond donors (Lipinski definition) is 1. The van der Waals surface area contributed by atoms with E-state index in [1.807, 2.05) is 0 Å². The zero-order valence-corrected chi connectivity index (χ0v) is 13.6. The van der Waals surface area contributed by atoms with Gasteiger partial charge in [0.15, 0.2) is 5.78 Å². The van der Waals surface area contributed by atoms with Crippen molar-refractivity contribution in [2.75, 3.05) is 7.11 Å². The van der Waals surface area contributed by atoms with E-state index in [-0.39, 0.29) is 24.2 Å². The van der Waals surface area contributed by atoms with Crippen LogP contribution in [0.2, 0.25) is 0 Å². The third-order valence-electron chi connectivity index (χ3n) is 4.50. The number of carbonyl (C=O) groups excluding carboxylic acids is 2. The van der Waals surface area contributed by atoms with Crippen LogP contribution in [-0.2, 0) is 11.2 Å². The summed E-state index contributed by atoms with van der Waals surface area (Å²) >= 11 is 0. The highest BCUT2D eigenvalue weighted by Gasteiger charge is 2.23. The number of hydrogen-bond acceptors (Lipinski definition) is 3. The van der Waals surface area contributed by atoms with Crippen LogP contribution in [0.15, 0.2) is 18.2 Å². The topological polar surface area (TPSA) is 55.4 Å². The van der Waals surface area contributed by atoms with Crippen molar-refractivity contribution in [3.63, 3.8) is 0 Å². The molecule has 1 N–H and O–H groups in total. The molecule has 1 saturated carbocycles. The van der Waals surface area contributed by atoms with Crippen LogP contribution in [0.25, 0.3) is 0 Å². The molecular formula is C18H25NO3. The van der Waals surface area contributed by atoms with Gasteiger partial charge in [-0.1, -0.05) is 19.8 Å². The van der Waals surface area contributed by atoms with E-state index in [0.717, 1.165) is 12.0 Å². The summed E-state index contributed by atoms with van der Waals surface area (Å²) in [5.74, 6) is 1.17. The van der Waals surface area contributed by atoms with Gasteiger partial charge in [-0.15, -0.1) is 0 Å². The highest BCUT2D eigenvalue weighted by Crippen LogP contribution is 2.25.